The SMILES string of the molecule is CCCCC/C=C\C=C/CCCCCCCCCCCCC(=O)OCC(COC(=O)CC/C=C\C/C=C\CCCCCCCC)OC(=O)CCCCC/C=C\C=C/CCCCCCCCC. The second-order valence-electron chi connectivity index (χ2n) is 18.5. The summed E-state index contributed by atoms with van der Waals surface area (Å²) in [6.07, 6.45) is 69.0. The van der Waals surface area contributed by atoms with Gasteiger partial charge in [0.15, 0.2) is 6.10 Å². The Bertz CT molecular complexity index is 1240. The largest absolute Gasteiger partial charge is 0.462 e. The highest BCUT2D eigenvalue weighted by atomic mass is 16.6. The second-order valence-corrected chi connectivity index (χ2v) is 18.5. The van der Waals surface area contributed by atoms with Gasteiger partial charge in [-0.05, 0) is 89.9 Å². The van der Waals surface area contributed by atoms with Crippen LogP contribution in [0.4, 0.5) is 0 Å². The lowest BCUT2D eigenvalue weighted by atomic mass is 10.1. The molecule has 66 heavy (non-hydrogen) atoms. The molecule has 0 heterocycles. The Morgan fingerprint density at radius 3 is 1.06 bits per heavy atom. The average Bonchev–Trinajstić information content (AvgIpc) is 3.31. The normalized spacial score (nSPS) is 12.6. The number of hydrogen-bond acceptors (Lipinski definition) is 6. The topological polar surface area (TPSA) is 78.9 Å². The number of carbonyl (C=O) groups excluding carboxylic acids is 3. The van der Waals surface area contributed by atoms with E-state index >= 15 is 0 Å². The van der Waals surface area contributed by atoms with E-state index < -0.39 is 6.10 Å². The summed E-state index contributed by atoms with van der Waals surface area (Å²) in [6, 6.07) is 0. The van der Waals surface area contributed by atoms with Gasteiger partial charge in [0.1, 0.15) is 13.2 Å². The number of unbranched alkanes of at least 4 members (excludes halogenated alkanes) is 29. The van der Waals surface area contributed by atoms with E-state index in [1.165, 1.54) is 161 Å². The molecule has 380 valence electrons. The molecule has 0 aliphatic heterocycles. The predicted molar refractivity (Wildman–Crippen MR) is 284 cm³/mol. The maximum Gasteiger partial charge on any atom is 0.306 e. The van der Waals surface area contributed by atoms with Gasteiger partial charge < -0.3 is 14.2 Å². The molecule has 0 radical (unpaired) electrons. The lowest BCUT2D eigenvalue weighted by Gasteiger charge is -2.18. The number of rotatable bonds is 50. The molecule has 0 amide bonds. The van der Waals surface area contributed by atoms with Gasteiger partial charge >= 0.3 is 17.9 Å². The van der Waals surface area contributed by atoms with Gasteiger partial charge in [-0.25, -0.2) is 0 Å². The van der Waals surface area contributed by atoms with E-state index in [0.717, 1.165) is 64.2 Å². The summed E-state index contributed by atoms with van der Waals surface area (Å²) in [6.45, 7) is 6.53. The van der Waals surface area contributed by atoms with Crippen molar-refractivity contribution in [3.8, 4) is 0 Å². The first-order valence-electron chi connectivity index (χ1n) is 28.0. The fourth-order valence-electron chi connectivity index (χ4n) is 7.71. The maximum absolute atomic E-state index is 12.8. The van der Waals surface area contributed by atoms with Crippen LogP contribution in [0.1, 0.15) is 271 Å². The van der Waals surface area contributed by atoms with Gasteiger partial charge in [0.05, 0.1) is 0 Å². The average molecular weight is 921 g/mol. The molecule has 0 spiro atoms. The van der Waals surface area contributed by atoms with Crippen LogP contribution in [-0.2, 0) is 28.6 Å². The third-order valence-electron chi connectivity index (χ3n) is 12.0. The molecule has 0 N–H and O–H groups in total. The number of carbonyl (C=O) groups is 3. The molecule has 0 saturated carbocycles. The van der Waals surface area contributed by atoms with Crippen molar-refractivity contribution in [1.82, 2.24) is 0 Å². The van der Waals surface area contributed by atoms with E-state index in [2.05, 4.69) is 87.6 Å². The summed E-state index contributed by atoms with van der Waals surface area (Å²) in [5, 5.41) is 0. The minimum Gasteiger partial charge on any atom is -0.462 e. The van der Waals surface area contributed by atoms with E-state index in [9.17, 15) is 14.4 Å². The molecule has 0 aliphatic carbocycles. The Kier molecular flexibility index (Phi) is 51.9. The van der Waals surface area contributed by atoms with Gasteiger partial charge in [-0.1, -0.05) is 235 Å². The van der Waals surface area contributed by atoms with Crippen molar-refractivity contribution < 1.29 is 28.6 Å². The Morgan fingerprint density at radius 1 is 0.318 bits per heavy atom. The van der Waals surface area contributed by atoms with Crippen LogP contribution in [0.5, 0.6) is 0 Å². The summed E-state index contributed by atoms with van der Waals surface area (Å²) in [7, 11) is 0. The zero-order chi connectivity index (χ0) is 47.9. The van der Waals surface area contributed by atoms with E-state index in [4.69, 9.17) is 14.2 Å². The van der Waals surface area contributed by atoms with Crippen molar-refractivity contribution in [3.05, 3.63) is 72.9 Å². The van der Waals surface area contributed by atoms with Crippen molar-refractivity contribution in [2.75, 3.05) is 13.2 Å². The van der Waals surface area contributed by atoms with E-state index in [0.29, 0.717) is 12.8 Å². The van der Waals surface area contributed by atoms with E-state index in [-0.39, 0.29) is 44.0 Å². The molecule has 0 rings (SSSR count). The molecule has 0 aromatic heterocycles. The van der Waals surface area contributed by atoms with Gasteiger partial charge in [-0.15, -0.1) is 0 Å². The fourth-order valence-corrected chi connectivity index (χ4v) is 7.71. The minimum atomic E-state index is -0.813. The first-order valence-corrected chi connectivity index (χ1v) is 28.0. The first kappa shape index (κ1) is 62.8. The molecular formula is C60H104O6. The lowest BCUT2D eigenvalue weighted by Crippen LogP contribution is -2.30. The molecule has 0 bridgehead atoms. The van der Waals surface area contributed by atoms with Crippen LogP contribution in [0, 0.1) is 0 Å². The van der Waals surface area contributed by atoms with Gasteiger partial charge in [-0.2, -0.15) is 0 Å². The molecule has 0 saturated heterocycles. The van der Waals surface area contributed by atoms with Crippen LogP contribution in [-0.4, -0.2) is 37.2 Å². The molecule has 0 fully saturated rings. The van der Waals surface area contributed by atoms with Crippen molar-refractivity contribution in [3.63, 3.8) is 0 Å². The van der Waals surface area contributed by atoms with Gasteiger partial charge in [0.25, 0.3) is 0 Å². The Morgan fingerprint density at radius 2 is 0.621 bits per heavy atom. The highest BCUT2D eigenvalue weighted by molar-refractivity contribution is 5.71. The number of allylic oxidation sites excluding steroid dienone is 12. The zero-order valence-corrected chi connectivity index (χ0v) is 43.4. The fraction of sp³-hybridized carbons (Fsp3) is 0.750. The third kappa shape index (κ3) is 51.8. The predicted octanol–water partition coefficient (Wildman–Crippen LogP) is 18.6. The first-order chi connectivity index (χ1) is 32.5. The third-order valence-corrected chi connectivity index (χ3v) is 12.0. The van der Waals surface area contributed by atoms with Crippen LogP contribution in [0.15, 0.2) is 72.9 Å². The second kappa shape index (κ2) is 54.5. The summed E-state index contributed by atoms with van der Waals surface area (Å²) in [4.78, 5) is 38.0. The van der Waals surface area contributed by atoms with Gasteiger partial charge in [0.2, 0.25) is 0 Å². The van der Waals surface area contributed by atoms with Crippen molar-refractivity contribution in [2.24, 2.45) is 0 Å². The maximum atomic E-state index is 12.8. The minimum absolute atomic E-state index is 0.105. The molecule has 0 aromatic carbocycles. The summed E-state index contributed by atoms with van der Waals surface area (Å²) < 4.78 is 16.8. The van der Waals surface area contributed by atoms with Crippen LogP contribution >= 0.6 is 0 Å². The number of esters is 3. The molecule has 0 aromatic rings. The highest BCUT2D eigenvalue weighted by Crippen LogP contribution is 2.14. The quantitative estimate of drug-likeness (QED) is 0.0199. The smallest absolute Gasteiger partial charge is 0.306 e. The summed E-state index contributed by atoms with van der Waals surface area (Å²) >= 11 is 0. The van der Waals surface area contributed by atoms with Crippen molar-refractivity contribution >= 4 is 17.9 Å². The Balaban J connectivity index is 4.45. The highest BCUT2D eigenvalue weighted by Gasteiger charge is 2.19. The monoisotopic (exact) mass is 921 g/mol. The summed E-state index contributed by atoms with van der Waals surface area (Å²) in [5.41, 5.74) is 0. The summed E-state index contributed by atoms with van der Waals surface area (Å²) in [5.74, 6) is -1.00. The van der Waals surface area contributed by atoms with E-state index in [1.807, 2.05) is 6.08 Å². The Hall–Kier alpha value is -3.15. The van der Waals surface area contributed by atoms with E-state index in [1.54, 1.807) is 0 Å². The Labute approximate surface area is 408 Å². The molecule has 6 heteroatoms. The molecule has 0 aliphatic rings. The molecule has 6 nitrogen and oxygen atoms in total. The van der Waals surface area contributed by atoms with Gasteiger partial charge in [-0.3, -0.25) is 14.4 Å². The number of ether oxygens (including phenoxy) is 3. The van der Waals surface area contributed by atoms with Crippen LogP contribution in [0.2, 0.25) is 0 Å². The number of hydrogen-bond donors (Lipinski definition) is 0. The van der Waals surface area contributed by atoms with Crippen molar-refractivity contribution in [1.29, 1.82) is 0 Å². The molecule has 1 atom stereocenters. The van der Waals surface area contributed by atoms with Crippen LogP contribution < -0.4 is 0 Å². The van der Waals surface area contributed by atoms with Crippen LogP contribution in [0.3, 0.4) is 0 Å². The zero-order valence-electron chi connectivity index (χ0n) is 43.4. The molecule has 1 unspecified atom stereocenters. The van der Waals surface area contributed by atoms with Gasteiger partial charge in [0, 0.05) is 19.3 Å². The van der Waals surface area contributed by atoms with Crippen molar-refractivity contribution in [2.45, 2.75) is 277 Å². The lowest BCUT2D eigenvalue weighted by molar-refractivity contribution is -0.166. The molecular weight excluding hydrogens is 817 g/mol. The van der Waals surface area contributed by atoms with Crippen LogP contribution in [0.25, 0.3) is 0 Å². The standard InChI is InChI=1S/C60H104O6/c1-4-7-10-13-16-19-22-25-27-29-30-31-33-35-38-41-44-47-50-53-59(62)65-56-57(55-64-58(61)52-49-46-43-40-37-34-24-21-18-15-12-9-6-3)66-60(63)54-51-48-45-42-39-36-32-28-26-23-20-17-14-11-8-5-2/h16,19,22,25,28,32,34,36-37,39,43,46,57H,4-15,17-18,20-21,23-24,26-27,29-31,33,35,38,40-42,44-45,47-56H2,1-3H3/b19-16-,25-22-,32-28-,37-34-,39-36-,46-43-.